The summed E-state index contributed by atoms with van der Waals surface area (Å²) in [6, 6.07) is 8.08. The highest BCUT2D eigenvalue weighted by molar-refractivity contribution is 8.45. The summed E-state index contributed by atoms with van der Waals surface area (Å²) in [4.78, 5) is -1.99. The summed E-state index contributed by atoms with van der Waals surface area (Å²) in [5.41, 5.74) is 0.245. The monoisotopic (exact) mass is 351 g/mol. The van der Waals surface area contributed by atoms with E-state index in [1.807, 2.05) is 0 Å². The summed E-state index contributed by atoms with van der Waals surface area (Å²) in [6.45, 7) is 0. The molecule has 23 heavy (non-hydrogen) atoms. The predicted molar refractivity (Wildman–Crippen MR) is 77.4 cm³/mol. The van der Waals surface area contributed by atoms with Crippen LogP contribution in [0.25, 0.3) is 22.2 Å². The Balaban J connectivity index is 2.12. The number of rotatable bonds is 3. The molecule has 9 heteroatoms. The van der Waals surface area contributed by atoms with E-state index in [1.165, 1.54) is 7.11 Å². The van der Waals surface area contributed by atoms with E-state index in [0.29, 0.717) is 23.4 Å². The molecule has 0 aliphatic carbocycles. The number of benzene rings is 2. The van der Waals surface area contributed by atoms with Crippen LogP contribution in [0.4, 0.5) is 19.4 Å². The highest BCUT2D eigenvalue weighted by Crippen LogP contribution is 3.02. The maximum Gasteiger partial charge on any atom is 0.310 e. The number of ether oxygens (including phenoxy) is 1. The fourth-order valence-electron chi connectivity index (χ4n) is 2.11. The van der Waals surface area contributed by atoms with Crippen molar-refractivity contribution in [2.75, 3.05) is 7.11 Å². The van der Waals surface area contributed by atoms with Gasteiger partial charge in [0.05, 0.1) is 7.11 Å². The molecule has 0 spiro atoms. The van der Waals surface area contributed by atoms with Crippen LogP contribution in [0.15, 0.2) is 51.9 Å². The van der Waals surface area contributed by atoms with Crippen LogP contribution in [0.3, 0.4) is 0 Å². The van der Waals surface area contributed by atoms with E-state index in [1.54, 1.807) is 24.3 Å². The fraction of sp³-hybridized carbons (Fsp3) is 0.0714. The number of nitrogens with zero attached hydrogens (tertiary/aromatic N) is 1. The Labute approximate surface area is 127 Å². The Hall–Kier alpha value is -2.29. The van der Waals surface area contributed by atoms with Gasteiger partial charge in [-0.25, -0.2) is 0 Å². The largest absolute Gasteiger partial charge is 0.497 e. The Morgan fingerprint density at radius 1 is 0.957 bits per heavy atom. The molecule has 0 N–H and O–H groups in total. The first-order valence-electron chi connectivity index (χ1n) is 6.26. The standard InChI is InChI=1S/C14H10F5NO2S/c1-21-10-4-2-9(3-5-10)14-12-7-6-11(8-13(12)20-22-14)23(15,16,17,18)19/h2-8H,1H3. The first-order valence-corrected chi connectivity index (χ1v) is 8.21. The van der Waals surface area contributed by atoms with Crippen LogP contribution >= 0.6 is 10.2 Å². The van der Waals surface area contributed by atoms with Crippen molar-refractivity contribution in [1.82, 2.24) is 5.16 Å². The molecule has 0 saturated carbocycles. The predicted octanol–water partition coefficient (Wildman–Crippen LogP) is 6.16. The lowest BCUT2D eigenvalue weighted by Gasteiger charge is -2.40. The van der Waals surface area contributed by atoms with Gasteiger partial charge in [0, 0.05) is 10.9 Å². The van der Waals surface area contributed by atoms with Gasteiger partial charge in [-0.3, -0.25) is 0 Å². The molecule has 0 aliphatic rings. The molecule has 1 aromatic heterocycles. The first-order chi connectivity index (χ1) is 10.5. The normalized spacial score (nSPS) is 15.2. The molecule has 2 aromatic carbocycles. The number of methoxy groups -OCH3 is 1. The highest BCUT2D eigenvalue weighted by atomic mass is 32.5. The van der Waals surface area contributed by atoms with Gasteiger partial charge >= 0.3 is 10.2 Å². The van der Waals surface area contributed by atoms with E-state index in [0.717, 1.165) is 6.07 Å². The van der Waals surface area contributed by atoms with E-state index in [4.69, 9.17) is 9.26 Å². The lowest BCUT2D eigenvalue weighted by atomic mass is 10.1. The van der Waals surface area contributed by atoms with Crippen molar-refractivity contribution in [3.63, 3.8) is 0 Å². The number of aromatic nitrogens is 1. The lowest BCUT2D eigenvalue weighted by molar-refractivity contribution is 0.364. The molecular weight excluding hydrogens is 341 g/mol. The second-order valence-electron chi connectivity index (χ2n) is 4.89. The van der Waals surface area contributed by atoms with E-state index in [2.05, 4.69) is 5.16 Å². The van der Waals surface area contributed by atoms with Gasteiger partial charge in [-0.05, 0) is 42.5 Å². The maximum atomic E-state index is 12.8. The van der Waals surface area contributed by atoms with Crippen molar-refractivity contribution in [3.05, 3.63) is 42.5 Å². The van der Waals surface area contributed by atoms with Crippen molar-refractivity contribution >= 4 is 21.1 Å². The average molecular weight is 351 g/mol. The van der Waals surface area contributed by atoms with Gasteiger partial charge in [0.25, 0.3) is 0 Å². The fourth-order valence-corrected chi connectivity index (χ4v) is 2.77. The first kappa shape index (κ1) is 15.6. The third-order valence-corrected chi connectivity index (χ3v) is 4.39. The maximum absolute atomic E-state index is 12.8. The Morgan fingerprint density at radius 3 is 2.17 bits per heavy atom. The molecule has 3 rings (SSSR count). The zero-order valence-corrected chi connectivity index (χ0v) is 12.4. The van der Waals surface area contributed by atoms with Crippen LogP contribution in [0.1, 0.15) is 0 Å². The van der Waals surface area contributed by atoms with Crippen LogP contribution in [0.2, 0.25) is 0 Å². The topological polar surface area (TPSA) is 35.3 Å². The van der Waals surface area contributed by atoms with Crippen molar-refractivity contribution in [2.45, 2.75) is 4.90 Å². The minimum Gasteiger partial charge on any atom is -0.497 e. The SMILES string of the molecule is COc1ccc(-c2onc3cc(S(F)(F)(F)(F)F)ccc23)cc1. The molecule has 0 aliphatic heterocycles. The summed E-state index contributed by atoms with van der Waals surface area (Å²) in [5.74, 6) is 0.775. The van der Waals surface area contributed by atoms with E-state index in [9.17, 15) is 19.4 Å². The Bertz CT molecular complexity index is 888. The smallest absolute Gasteiger partial charge is 0.310 e. The van der Waals surface area contributed by atoms with E-state index >= 15 is 0 Å². The molecule has 3 aromatic rings. The number of fused-ring (bicyclic) bond motifs is 1. The van der Waals surface area contributed by atoms with Crippen molar-refractivity contribution in [2.24, 2.45) is 0 Å². The molecule has 0 radical (unpaired) electrons. The van der Waals surface area contributed by atoms with E-state index < -0.39 is 15.1 Å². The molecule has 0 saturated heterocycles. The average Bonchev–Trinajstić information content (AvgIpc) is 2.88. The van der Waals surface area contributed by atoms with Crippen LogP contribution in [0.5, 0.6) is 5.75 Å². The van der Waals surface area contributed by atoms with Crippen molar-refractivity contribution in [3.8, 4) is 17.1 Å². The molecule has 3 nitrogen and oxygen atoms in total. The van der Waals surface area contributed by atoms with Crippen LogP contribution in [-0.2, 0) is 0 Å². The number of hydrogen-bond acceptors (Lipinski definition) is 3. The second-order valence-corrected chi connectivity index (χ2v) is 7.30. The van der Waals surface area contributed by atoms with Gasteiger partial charge in [-0.2, -0.15) is 0 Å². The zero-order valence-electron chi connectivity index (χ0n) is 11.6. The van der Waals surface area contributed by atoms with Crippen LogP contribution < -0.4 is 4.74 Å². The quantitative estimate of drug-likeness (QED) is 0.530. The van der Waals surface area contributed by atoms with Gasteiger partial charge in [0.2, 0.25) is 0 Å². The molecule has 124 valence electrons. The van der Waals surface area contributed by atoms with Gasteiger partial charge in [-0.15, -0.1) is 0 Å². The summed E-state index contributed by atoms with van der Waals surface area (Å²) >= 11 is 0. The van der Waals surface area contributed by atoms with E-state index in [-0.39, 0.29) is 16.7 Å². The zero-order chi connectivity index (χ0) is 16.9. The summed E-state index contributed by atoms with van der Waals surface area (Å²) < 4.78 is 74.1. The highest BCUT2D eigenvalue weighted by Gasteiger charge is 2.65. The third kappa shape index (κ3) is 2.96. The Morgan fingerprint density at radius 2 is 1.61 bits per heavy atom. The number of hydrogen-bond donors (Lipinski definition) is 0. The summed E-state index contributed by atoms with van der Waals surface area (Å²) in [7, 11) is -8.25. The lowest BCUT2D eigenvalue weighted by Crippen LogP contribution is -2.05. The number of halogens is 5. The molecule has 0 fully saturated rings. The molecule has 1 heterocycles. The molecule has 0 amide bonds. The van der Waals surface area contributed by atoms with Gasteiger partial charge in [-0.1, -0.05) is 24.6 Å². The third-order valence-electron chi connectivity index (χ3n) is 3.25. The molecule has 0 unspecified atom stereocenters. The molecule has 0 atom stereocenters. The van der Waals surface area contributed by atoms with Gasteiger partial charge in [0.1, 0.15) is 16.2 Å². The second kappa shape index (κ2) is 4.16. The van der Waals surface area contributed by atoms with Crippen molar-refractivity contribution in [1.29, 1.82) is 0 Å². The minimum atomic E-state index is -9.74. The summed E-state index contributed by atoms with van der Waals surface area (Å²) in [5, 5.41) is 3.66. The Kier molecular flexibility index (Phi) is 2.82. The molecule has 0 bridgehead atoms. The van der Waals surface area contributed by atoms with Crippen LogP contribution in [-0.4, -0.2) is 12.3 Å². The summed E-state index contributed by atoms with van der Waals surface area (Å²) in [6.07, 6.45) is 0. The minimum absolute atomic E-state index is 0.191. The van der Waals surface area contributed by atoms with Crippen LogP contribution in [0, 0.1) is 0 Å². The molecular formula is C14H10F5NO2S. The van der Waals surface area contributed by atoms with Crippen molar-refractivity contribution < 1.29 is 28.7 Å². The van der Waals surface area contributed by atoms with Gasteiger partial charge in [0.15, 0.2) is 5.76 Å². The van der Waals surface area contributed by atoms with Gasteiger partial charge < -0.3 is 9.26 Å².